The molecule has 3 aromatic rings. The molecule has 4 nitrogen and oxygen atoms in total. The SMILES string of the molecule is COc1ccc(Cc2cn3cccc(C=O)c3n2)cc1. The normalized spacial score (nSPS) is 10.7. The lowest BCUT2D eigenvalue weighted by Crippen LogP contribution is -1.89. The summed E-state index contributed by atoms with van der Waals surface area (Å²) in [6.45, 7) is 0. The zero-order valence-electron chi connectivity index (χ0n) is 11.1. The van der Waals surface area contributed by atoms with E-state index in [9.17, 15) is 4.79 Å². The van der Waals surface area contributed by atoms with Crippen LogP contribution < -0.4 is 4.74 Å². The van der Waals surface area contributed by atoms with Gasteiger partial charge >= 0.3 is 0 Å². The predicted octanol–water partition coefficient (Wildman–Crippen LogP) is 2.75. The summed E-state index contributed by atoms with van der Waals surface area (Å²) in [4.78, 5) is 15.5. The molecule has 0 unspecified atom stereocenters. The number of benzene rings is 1. The Labute approximate surface area is 116 Å². The van der Waals surface area contributed by atoms with Crippen LogP contribution in [0.1, 0.15) is 21.6 Å². The third-order valence-electron chi connectivity index (χ3n) is 3.23. The van der Waals surface area contributed by atoms with Crippen molar-refractivity contribution in [3.05, 3.63) is 65.6 Å². The van der Waals surface area contributed by atoms with Crippen molar-refractivity contribution in [2.75, 3.05) is 7.11 Å². The number of aromatic nitrogens is 2. The lowest BCUT2D eigenvalue weighted by molar-refractivity contribution is 0.112. The number of hydrogen-bond acceptors (Lipinski definition) is 3. The maximum absolute atomic E-state index is 11.0. The van der Waals surface area contributed by atoms with Crippen LogP contribution in [0.15, 0.2) is 48.8 Å². The fraction of sp³-hybridized carbons (Fsp3) is 0.125. The van der Waals surface area contributed by atoms with Gasteiger partial charge in [0.15, 0.2) is 6.29 Å². The van der Waals surface area contributed by atoms with E-state index in [1.165, 1.54) is 0 Å². The molecular formula is C16H14N2O2. The van der Waals surface area contributed by atoms with Gasteiger partial charge < -0.3 is 9.14 Å². The van der Waals surface area contributed by atoms with E-state index < -0.39 is 0 Å². The highest BCUT2D eigenvalue weighted by molar-refractivity contribution is 5.84. The summed E-state index contributed by atoms with van der Waals surface area (Å²) in [5, 5.41) is 0. The first-order valence-electron chi connectivity index (χ1n) is 6.35. The summed E-state index contributed by atoms with van der Waals surface area (Å²) >= 11 is 0. The summed E-state index contributed by atoms with van der Waals surface area (Å²) in [5.74, 6) is 0.840. The number of rotatable bonds is 4. The Balaban J connectivity index is 1.92. The van der Waals surface area contributed by atoms with Crippen molar-refractivity contribution in [3.63, 3.8) is 0 Å². The van der Waals surface area contributed by atoms with Gasteiger partial charge in [-0.1, -0.05) is 12.1 Å². The summed E-state index contributed by atoms with van der Waals surface area (Å²) in [7, 11) is 1.65. The molecule has 0 spiro atoms. The highest BCUT2D eigenvalue weighted by Crippen LogP contribution is 2.16. The third kappa shape index (κ3) is 2.28. The Morgan fingerprint density at radius 3 is 2.75 bits per heavy atom. The van der Waals surface area contributed by atoms with Crippen LogP contribution in [0.25, 0.3) is 5.65 Å². The maximum Gasteiger partial charge on any atom is 0.153 e. The molecule has 2 aromatic heterocycles. The number of hydrogen-bond donors (Lipinski definition) is 0. The highest BCUT2D eigenvalue weighted by Gasteiger charge is 2.06. The molecule has 0 saturated carbocycles. The van der Waals surface area contributed by atoms with Crippen LogP contribution in [0.4, 0.5) is 0 Å². The largest absolute Gasteiger partial charge is 0.497 e. The molecule has 0 bridgehead atoms. The molecule has 3 rings (SSSR count). The molecule has 0 aliphatic carbocycles. The van der Waals surface area contributed by atoms with Gasteiger partial charge in [0.25, 0.3) is 0 Å². The van der Waals surface area contributed by atoms with Crippen LogP contribution in [0.3, 0.4) is 0 Å². The van der Waals surface area contributed by atoms with Crippen molar-refractivity contribution in [1.82, 2.24) is 9.38 Å². The minimum absolute atomic E-state index is 0.605. The summed E-state index contributed by atoms with van der Waals surface area (Å²) in [6.07, 6.45) is 5.41. The van der Waals surface area contributed by atoms with Crippen LogP contribution in [0.2, 0.25) is 0 Å². The van der Waals surface area contributed by atoms with E-state index in [2.05, 4.69) is 4.98 Å². The second-order valence-electron chi connectivity index (χ2n) is 4.57. The number of fused-ring (bicyclic) bond motifs is 1. The zero-order valence-corrected chi connectivity index (χ0v) is 11.1. The highest BCUT2D eigenvalue weighted by atomic mass is 16.5. The average Bonchev–Trinajstić information content (AvgIpc) is 2.90. The first-order chi connectivity index (χ1) is 9.80. The lowest BCUT2D eigenvalue weighted by atomic mass is 10.1. The monoisotopic (exact) mass is 266 g/mol. The first kappa shape index (κ1) is 12.4. The molecule has 0 aliphatic rings. The summed E-state index contributed by atoms with van der Waals surface area (Å²) in [6, 6.07) is 11.5. The predicted molar refractivity (Wildman–Crippen MR) is 76.4 cm³/mol. The number of pyridine rings is 1. The van der Waals surface area contributed by atoms with Gasteiger partial charge in [-0.25, -0.2) is 4.98 Å². The number of ether oxygens (including phenoxy) is 1. The molecule has 100 valence electrons. The van der Waals surface area contributed by atoms with E-state index in [4.69, 9.17) is 4.74 Å². The van der Waals surface area contributed by atoms with Crippen molar-refractivity contribution in [2.45, 2.75) is 6.42 Å². The summed E-state index contributed by atoms with van der Waals surface area (Å²) in [5.41, 5.74) is 3.39. The molecule has 0 atom stereocenters. The molecule has 0 N–H and O–H groups in total. The van der Waals surface area contributed by atoms with Crippen molar-refractivity contribution in [1.29, 1.82) is 0 Å². The van der Waals surface area contributed by atoms with Gasteiger partial charge in [0.05, 0.1) is 18.4 Å². The van der Waals surface area contributed by atoms with Gasteiger partial charge in [-0.05, 0) is 29.8 Å². The van der Waals surface area contributed by atoms with Gasteiger partial charge in [0, 0.05) is 18.8 Å². The first-order valence-corrected chi connectivity index (χ1v) is 6.35. The van der Waals surface area contributed by atoms with E-state index in [0.29, 0.717) is 11.2 Å². The van der Waals surface area contributed by atoms with Gasteiger partial charge in [-0.15, -0.1) is 0 Å². The second-order valence-corrected chi connectivity index (χ2v) is 4.57. The number of carbonyl (C=O) groups is 1. The Morgan fingerprint density at radius 1 is 1.25 bits per heavy atom. The number of carbonyl (C=O) groups excluding carboxylic acids is 1. The van der Waals surface area contributed by atoms with E-state index >= 15 is 0 Å². The minimum Gasteiger partial charge on any atom is -0.497 e. The summed E-state index contributed by atoms with van der Waals surface area (Å²) < 4.78 is 7.02. The molecule has 0 saturated heterocycles. The van der Waals surface area contributed by atoms with Crippen LogP contribution in [0, 0.1) is 0 Å². The van der Waals surface area contributed by atoms with Crippen molar-refractivity contribution in [2.24, 2.45) is 0 Å². The Bertz CT molecular complexity index is 745. The van der Waals surface area contributed by atoms with Crippen molar-refractivity contribution < 1.29 is 9.53 Å². The van der Waals surface area contributed by atoms with Crippen LogP contribution in [0.5, 0.6) is 5.75 Å². The topological polar surface area (TPSA) is 43.6 Å². The molecule has 0 fully saturated rings. The Hall–Kier alpha value is -2.62. The van der Waals surface area contributed by atoms with E-state index in [-0.39, 0.29) is 0 Å². The van der Waals surface area contributed by atoms with Crippen LogP contribution in [-0.2, 0) is 6.42 Å². The zero-order chi connectivity index (χ0) is 13.9. The van der Waals surface area contributed by atoms with E-state index in [1.54, 1.807) is 13.2 Å². The number of nitrogens with zero attached hydrogens (tertiary/aromatic N) is 2. The van der Waals surface area contributed by atoms with Gasteiger partial charge in [-0.3, -0.25) is 4.79 Å². The lowest BCUT2D eigenvalue weighted by Gasteiger charge is -2.01. The van der Waals surface area contributed by atoms with Gasteiger partial charge in [0.2, 0.25) is 0 Å². The molecule has 20 heavy (non-hydrogen) atoms. The molecule has 1 aromatic carbocycles. The number of methoxy groups -OCH3 is 1. The fourth-order valence-corrected chi connectivity index (χ4v) is 2.22. The second kappa shape index (κ2) is 5.17. The van der Waals surface area contributed by atoms with Crippen LogP contribution >= 0.6 is 0 Å². The molecule has 0 aliphatic heterocycles. The number of aldehydes is 1. The van der Waals surface area contributed by atoms with Crippen LogP contribution in [-0.4, -0.2) is 22.8 Å². The molecular weight excluding hydrogens is 252 g/mol. The molecule has 0 radical (unpaired) electrons. The van der Waals surface area contributed by atoms with Gasteiger partial charge in [0.1, 0.15) is 11.4 Å². The molecule has 4 heteroatoms. The van der Waals surface area contributed by atoms with E-state index in [1.807, 2.05) is 47.1 Å². The average molecular weight is 266 g/mol. The van der Waals surface area contributed by atoms with E-state index in [0.717, 1.165) is 29.7 Å². The Morgan fingerprint density at radius 2 is 2.05 bits per heavy atom. The maximum atomic E-state index is 11.0. The molecule has 0 amide bonds. The fourth-order valence-electron chi connectivity index (χ4n) is 2.22. The smallest absolute Gasteiger partial charge is 0.153 e. The number of imidazole rings is 1. The Kier molecular flexibility index (Phi) is 3.21. The standard InChI is InChI=1S/C16H14N2O2/c1-20-15-6-4-12(5-7-15)9-14-10-18-8-2-3-13(11-19)16(18)17-14/h2-8,10-11H,9H2,1H3. The minimum atomic E-state index is 0.605. The third-order valence-corrected chi connectivity index (χ3v) is 3.23. The van der Waals surface area contributed by atoms with Crippen molar-refractivity contribution >= 4 is 11.9 Å². The molecule has 2 heterocycles. The quantitative estimate of drug-likeness (QED) is 0.682. The van der Waals surface area contributed by atoms with Crippen molar-refractivity contribution in [3.8, 4) is 5.75 Å². The van der Waals surface area contributed by atoms with Gasteiger partial charge in [-0.2, -0.15) is 0 Å².